The minimum Gasteiger partial charge on any atom is -0.497 e. The molecule has 0 aliphatic carbocycles. The van der Waals surface area contributed by atoms with Gasteiger partial charge in [0.25, 0.3) is 14.1 Å². The van der Waals surface area contributed by atoms with Gasteiger partial charge in [-0.25, -0.2) is 9.46 Å². The quantitative estimate of drug-likeness (QED) is 0.0234. The van der Waals surface area contributed by atoms with E-state index in [2.05, 4.69) is 85.0 Å². The lowest BCUT2D eigenvalue weighted by Crippen LogP contribution is -2.49. The van der Waals surface area contributed by atoms with Crippen molar-refractivity contribution in [1.29, 1.82) is 5.26 Å². The van der Waals surface area contributed by atoms with Crippen LogP contribution in [0.15, 0.2) is 101 Å². The van der Waals surface area contributed by atoms with Crippen LogP contribution in [0.2, 0.25) is 16.6 Å². The Kier molecular flexibility index (Phi) is 18.7. The molecule has 0 amide bonds. The van der Waals surface area contributed by atoms with Crippen LogP contribution in [0.4, 0.5) is 0 Å². The number of aromatic nitrogens is 2. The minimum atomic E-state index is -2.45. The molecule has 5 atom stereocenters. The second-order valence-corrected chi connectivity index (χ2v) is 24.6. The molecule has 0 saturated carbocycles. The van der Waals surface area contributed by atoms with E-state index in [9.17, 15) is 14.9 Å². The molecule has 1 unspecified atom stereocenters. The highest BCUT2D eigenvalue weighted by Gasteiger charge is 2.53. The fourth-order valence-corrected chi connectivity index (χ4v) is 16.4. The molecule has 3 aromatic carbocycles. The van der Waals surface area contributed by atoms with Crippen LogP contribution in [0.25, 0.3) is 0 Å². The largest absolute Gasteiger partial charge is 0.497 e. The number of ether oxygens (including phenoxy) is 5. The molecule has 1 aromatic heterocycles. The van der Waals surface area contributed by atoms with Crippen LogP contribution >= 0.6 is 8.53 Å². The van der Waals surface area contributed by atoms with E-state index < -0.39 is 58.2 Å². The number of nitriles is 1. The topological polar surface area (TPSA) is 156 Å². The first-order chi connectivity index (χ1) is 31.0. The number of benzene rings is 3. The highest BCUT2D eigenvalue weighted by molar-refractivity contribution is 7.44. The van der Waals surface area contributed by atoms with Crippen LogP contribution in [-0.4, -0.2) is 87.2 Å². The van der Waals surface area contributed by atoms with Crippen molar-refractivity contribution in [2.24, 2.45) is 0 Å². The van der Waals surface area contributed by atoms with Gasteiger partial charge >= 0.3 is 5.69 Å². The zero-order chi connectivity index (χ0) is 47.5. The van der Waals surface area contributed by atoms with Gasteiger partial charge in [0, 0.05) is 24.3 Å². The molecular formula is C49H69N4O10PSi. The molecule has 1 N–H and O–H groups in total. The average molecular weight is 933 g/mol. The lowest BCUT2D eigenvalue weighted by atomic mass is 9.80. The van der Waals surface area contributed by atoms with E-state index >= 15 is 0 Å². The third-order valence-electron chi connectivity index (χ3n) is 12.2. The normalized spacial score (nSPS) is 18.6. The van der Waals surface area contributed by atoms with Crippen LogP contribution in [-0.2, 0) is 33.3 Å². The molecular weight excluding hydrogens is 864 g/mol. The van der Waals surface area contributed by atoms with Crippen molar-refractivity contribution in [2.75, 3.05) is 34.2 Å². The maximum absolute atomic E-state index is 13.7. The highest BCUT2D eigenvalue weighted by atomic mass is 31.2. The monoisotopic (exact) mass is 932 g/mol. The van der Waals surface area contributed by atoms with Crippen LogP contribution in [0.5, 0.6) is 11.5 Å². The smallest absolute Gasteiger partial charge is 0.330 e. The molecule has 0 bridgehead atoms. The summed E-state index contributed by atoms with van der Waals surface area (Å²) in [6, 6.07) is 28.8. The molecule has 2 heterocycles. The third-order valence-corrected chi connectivity index (χ3v) is 20.4. The van der Waals surface area contributed by atoms with Crippen molar-refractivity contribution in [3.05, 3.63) is 129 Å². The van der Waals surface area contributed by atoms with Gasteiger partial charge < -0.3 is 37.2 Å². The lowest BCUT2D eigenvalue weighted by Gasteiger charge is -2.42. The number of nitrogens with zero attached hydrogens (tertiary/aromatic N) is 3. The van der Waals surface area contributed by atoms with E-state index in [1.165, 1.54) is 16.8 Å². The molecule has 5 rings (SSSR count). The summed E-state index contributed by atoms with van der Waals surface area (Å²) in [6.45, 7) is 21.4. The van der Waals surface area contributed by atoms with Crippen LogP contribution in [0.3, 0.4) is 0 Å². The number of methoxy groups -OCH3 is 2. The second-order valence-electron chi connectivity index (χ2n) is 17.7. The van der Waals surface area contributed by atoms with Gasteiger partial charge in [0.1, 0.15) is 42.2 Å². The van der Waals surface area contributed by atoms with Crippen molar-refractivity contribution < 1.29 is 37.2 Å². The SMILES string of the molecule is COc1ccc(C(OC[C@H]2O[C@@H](n3ccc(=O)[nH]c3=O)[C@H](OCO[Si](C(C)C)(C(C)C)C(C)C)[C@@H]2OP(OCCC#N)N(C(C)C)C(C)C)(c2ccccc2)c2ccc(OC)cc2)cc1. The maximum Gasteiger partial charge on any atom is 0.330 e. The van der Waals surface area contributed by atoms with Gasteiger partial charge in [0.15, 0.2) is 6.23 Å². The Morgan fingerprint density at radius 1 is 0.785 bits per heavy atom. The Hall–Kier alpha value is -4.20. The number of hydrogen-bond donors (Lipinski definition) is 1. The highest BCUT2D eigenvalue weighted by Crippen LogP contribution is 2.52. The molecule has 1 saturated heterocycles. The molecule has 0 radical (unpaired) electrons. The summed E-state index contributed by atoms with van der Waals surface area (Å²) < 4.78 is 56.6. The van der Waals surface area contributed by atoms with Crippen molar-refractivity contribution in [3.63, 3.8) is 0 Å². The zero-order valence-electron chi connectivity index (χ0n) is 40.1. The van der Waals surface area contributed by atoms with E-state index in [1.54, 1.807) is 14.2 Å². The number of aromatic amines is 1. The average Bonchev–Trinajstić information content (AvgIpc) is 3.61. The summed E-state index contributed by atoms with van der Waals surface area (Å²) >= 11 is 0. The first-order valence-corrected chi connectivity index (χ1v) is 25.8. The fraction of sp³-hybridized carbons (Fsp3) is 0.531. The van der Waals surface area contributed by atoms with E-state index in [0.29, 0.717) is 11.5 Å². The molecule has 65 heavy (non-hydrogen) atoms. The van der Waals surface area contributed by atoms with E-state index in [0.717, 1.165) is 16.7 Å². The summed E-state index contributed by atoms with van der Waals surface area (Å²) in [5.41, 5.74) is 0.807. The number of H-pyrrole nitrogens is 1. The van der Waals surface area contributed by atoms with Gasteiger partial charge in [-0.3, -0.25) is 14.3 Å². The molecule has 1 aliphatic rings. The first kappa shape index (κ1) is 51.8. The molecule has 354 valence electrons. The van der Waals surface area contributed by atoms with Gasteiger partial charge in [-0.2, -0.15) is 5.26 Å². The molecule has 0 spiro atoms. The van der Waals surface area contributed by atoms with Crippen molar-refractivity contribution >= 4 is 16.8 Å². The summed E-state index contributed by atoms with van der Waals surface area (Å²) in [7, 11) is -1.07. The molecule has 1 fully saturated rings. The Bertz CT molecular complexity index is 2150. The minimum absolute atomic E-state index is 0.0221. The Balaban J connectivity index is 1.71. The third kappa shape index (κ3) is 11.7. The Labute approximate surface area is 387 Å². The Morgan fingerprint density at radius 2 is 1.32 bits per heavy atom. The van der Waals surface area contributed by atoms with Crippen molar-refractivity contribution in [1.82, 2.24) is 14.2 Å². The van der Waals surface area contributed by atoms with E-state index in [1.807, 2.05) is 78.9 Å². The lowest BCUT2D eigenvalue weighted by molar-refractivity contribution is -0.116. The predicted molar refractivity (Wildman–Crippen MR) is 255 cm³/mol. The zero-order valence-corrected chi connectivity index (χ0v) is 42.0. The summed E-state index contributed by atoms with van der Waals surface area (Å²) in [4.78, 5) is 28.6. The summed E-state index contributed by atoms with van der Waals surface area (Å²) in [5, 5.41) is 9.56. The summed E-state index contributed by atoms with van der Waals surface area (Å²) in [5.74, 6) is 1.36. The number of hydrogen-bond acceptors (Lipinski definition) is 12. The van der Waals surface area contributed by atoms with Gasteiger partial charge in [0.05, 0.1) is 39.9 Å². The van der Waals surface area contributed by atoms with Crippen LogP contribution in [0.1, 0.15) is 98.6 Å². The van der Waals surface area contributed by atoms with Crippen molar-refractivity contribution in [3.8, 4) is 17.6 Å². The van der Waals surface area contributed by atoms with Crippen LogP contribution in [0, 0.1) is 11.3 Å². The molecule has 16 heteroatoms. The molecule has 4 aromatic rings. The molecule has 14 nitrogen and oxygen atoms in total. The maximum atomic E-state index is 13.7. The van der Waals surface area contributed by atoms with E-state index in [4.69, 9.17) is 37.2 Å². The fourth-order valence-electron chi connectivity index (χ4n) is 9.39. The van der Waals surface area contributed by atoms with Gasteiger partial charge in [-0.05, 0) is 85.3 Å². The van der Waals surface area contributed by atoms with Gasteiger partial charge in [-0.1, -0.05) is 96.1 Å². The van der Waals surface area contributed by atoms with Crippen molar-refractivity contribution in [2.45, 2.75) is 135 Å². The van der Waals surface area contributed by atoms with Gasteiger partial charge in [0.2, 0.25) is 8.32 Å². The van der Waals surface area contributed by atoms with Crippen LogP contribution < -0.4 is 20.7 Å². The van der Waals surface area contributed by atoms with E-state index in [-0.39, 0.29) is 55.1 Å². The van der Waals surface area contributed by atoms with Gasteiger partial charge in [-0.15, -0.1) is 0 Å². The second kappa shape index (κ2) is 23.5. The summed E-state index contributed by atoms with van der Waals surface area (Å²) in [6.07, 6.45) is -2.38. The first-order valence-electron chi connectivity index (χ1n) is 22.5. The molecule has 1 aliphatic heterocycles. The number of nitrogens with one attached hydrogen (secondary N) is 1. The standard InChI is InChI=1S/C49H69N4O10PSi/c1-33(2)53(34(3)4)64(60-30-16-28-50)63-45-43(62-47(52-29-27-44(54)51-48(52)55)46(45)58-32-61-65(35(5)6,36(7)8)37(9)10)31-59-49(38-17-14-13-15-18-38,39-19-23-41(56-11)24-20-39)40-21-25-42(57-12)26-22-40/h13-15,17-27,29,33-37,43,45-47H,16,30-32H2,1-12H3,(H,51,54,55)/t43-,45-,46-,47-,64?/m1/s1. The Morgan fingerprint density at radius 3 is 1.80 bits per heavy atom. The number of rotatable bonds is 24. The predicted octanol–water partition coefficient (Wildman–Crippen LogP) is 9.66.